The molecule has 0 aliphatic rings. The van der Waals surface area contributed by atoms with Gasteiger partial charge in [-0.05, 0) is 24.6 Å². The van der Waals surface area contributed by atoms with Gasteiger partial charge in [0.05, 0.1) is 28.3 Å². The normalized spacial score (nSPS) is 11.2. The van der Waals surface area contributed by atoms with Crippen LogP contribution in [0.3, 0.4) is 0 Å². The Morgan fingerprint density at radius 3 is 2.75 bits per heavy atom. The van der Waals surface area contributed by atoms with E-state index >= 15 is 0 Å². The molecular formula is C13H14ClN3O3. The minimum absolute atomic E-state index is 0.243. The summed E-state index contributed by atoms with van der Waals surface area (Å²) < 4.78 is 0. The van der Waals surface area contributed by atoms with Crippen molar-refractivity contribution in [3.8, 4) is 6.07 Å². The van der Waals surface area contributed by atoms with Crippen molar-refractivity contribution >= 4 is 29.3 Å². The summed E-state index contributed by atoms with van der Waals surface area (Å²) in [7, 11) is 0. The third-order valence-corrected chi connectivity index (χ3v) is 2.94. The number of aliphatic carboxylic acids is 1. The average Bonchev–Trinajstić information content (AvgIpc) is 2.40. The number of carbonyl (C=O) groups excluding carboxylic acids is 1. The molecular weight excluding hydrogens is 282 g/mol. The Hall–Kier alpha value is -2.26. The van der Waals surface area contributed by atoms with E-state index in [0.29, 0.717) is 17.7 Å². The van der Waals surface area contributed by atoms with Crippen LogP contribution in [0.2, 0.25) is 5.02 Å². The minimum Gasteiger partial charge on any atom is -0.481 e. The molecule has 1 aromatic rings. The van der Waals surface area contributed by atoms with Crippen molar-refractivity contribution in [3.63, 3.8) is 0 Å². The number of nitrogens with one attached hydrogen (secondary N) is 2. The fraction of sp³-hybridized carbons (Fsp3) is 0.308. The first-order chi connectivity index (χ1) is 9.43. The lowest BCUT2D eigenvalue weighted by molar-refractivity contribution is -0.141. The number of halogens is 1. The van der Waals surface area contributed by atoms with E-state index in [1.54, 1.807) is 6.92 Å². The number of carbonyl (C=O) groups is 2. The summed E-state index contributed by atoms with van der Waals surface area (Å²) in [5.41, 5.74) is 0.783. The van der Waals surface area contributed by atoms with Crippen LogP contribution in [0.15, 0.2) is 18.2 Å². The molecule has 0 saturated carbocycles. The van der Waals surface area contributed by atoms with Crippen molar-refractivity contribution in [3.05, 3.63) is 28.8 Å². The van der Waals surface area contributed by atoms with Gasteiger partial charge in [-0.25, -0.2) is 4.79 Å². The van der Waals surface area contributed by atoms with Gasteiger partial charge >= 0.3 is 12.0 Å². The molecule has 0 saturated heterocycles. The number of anilines is 1. The van der Waals surface area contributed by atoms with Gasteiger partial charge in [-0.3, -0.25) is 4.79 Å². The molecule has 0 bridgehead atoms. The van der Waals surface area contributed by atoms with Crippen molar-refractivity contribution in [1.29, 1.82) is 5.26 Å². The first-order valence-electron chi connectivity index (χ1n) is 5.91. The van der Waals surface area contributed by atoms with Crippen LogP contribution in [-0.2, 0) is 4.79 Å². The van der Waals surface area contributed by atoms with Gasteiger partial charge in [0.25, 0.3) is 0 Å². The second-order valence-electron chi connectivity index (χ2n) is 4.22. The number of urea groups is 1. The first kappa shape index (κ1) is 15.8. The number of hydrogen-bond acceptors (Lipinski definition) is 3. The second kappa shape index (κ2) is 7.36. The van der Waals surface area contributed by atoms with Gasteiger partial charge in [-0.2, -0.15) is 5.26 Å². The van der Waals surface area contributed by atoms with E-state index in [9.17, 15) is 9.59 Å². The number of nitrogens with zero attached hydrogens (tertiary/aromatic N) is 1. The standard InChI is InChI=1S/C13H14ClN3O3/c1-8(12(18)19)4-5-16-13(20)17-11-3-2-9(7-15)6-10(11)14/h2-3,6,8H,4-5H2,1H3,(H,18,19)(H2,16,17,20). The maximum absolute atomic E-state index is 11.6. The van der Waals surface area contributed by atoms with E-state index in [1.807, 2.05) is 6.07 Å². The SMILES string of the molecule is CC(CCNC(=O)Nc1ccc(C#N)cc1Cl)C(=O)O. The zero-order chi connectivity index (χ0) is 15.1. The average molecular weight is 296 g/mol. The molecule has 0 spiro atoms. The van der Waals surface area contributed by atoms with Crippen LogP contribution in [-0.4, -0.2) is 23.7 Å². The van der Waals surface area contributed by atoms with Crippen LogP contribution in [0.1, 0.15) is 18.9 Å². The van der Waals surface area contributed by atoms with E-state index in [4.69, 9.17) is 22.0 Å². The van der Waals surface area contributed by atoms with Crippen molar-refractivity contribution in [1.82, 2.24) is 5.32 Å². The second-order valence-corrected chi connectivity index (χ2v) is 4.62. The number of amides is 2. The Morgan fingerprint density at radius 1 is 1.50 bits per heavy atom. The predicted molar refractivity (Wildman–Crippen MR) is 74.6 cm³/mol. The van der Waals surface area contributed by atoms with Gasteiger partial charge < -0.3 is 15.7 Å². The Kier molecular flexibility index (Phi) is 5.81. The summed E-state index contributed by atoms with van der Waals surface area (Å²) in [6, 6.07) is 5.97. The Labute approximate surface area is 121 Å². The summed E-state index contributed by atoms with van der Waals surface area (Å²) in [4.78, 5) is 22.2. The van der Waals surface area contributed by atoms with Crippen LogP contribution < -0.4 is 10.6 Å². The summed E-state index contributed by atoms with van der Waals surface area (Å²) in [6.07, 6.45) is 0.337. The topological polar surface area (TPSA) is 102 Å². The van der Waals surface area contributed by atoms with Crippen LogP contribution in [0, 0.1) is 17.2 Å². The number of hydrogen-bond donors (Lipinski definition) is 3. The molecule has 7 heteroatoms. The molecule has 1 aromatic carbocycles. The van der Waals surface area contributed by atoms with E-state index < -0.39 is 17.9 Å². The molecule has 2 amide bonds. The Morgan fingerprint density at radius 2 is 2.20 bits per heavy atom. The summed E-state index contributed by atoms with van der Waals surface area (Å²) in [6.45, 7) is 1.81. The monoisotopic (exact) mass is 295 g/mol. The molecule has 0 fully saturated rings. The fourth-order valence-electron chi connectivity index (χ4n) is 1.38. The van der Waals surface area contributed by atoms with Crippen molar-refractivity contribution in [2.75, 3.05) is 11.9 Å². The van der Waals surface area contributed by atoms with Crippen molar-refractivity contribution in [2.45, 2.75) is 13.3 Å². The Bertz CT molecular complexity index is 554. The molecule has 6 nitrogen and oxygen atoms in total. The lowest BCUT2D eigenvalue weighted by Gasteiger charge is -2.10. The first-order valence-corrected chi connectivity index (χ1v) is 6.29. The summed E-state index contributed by atoms with van der Waals surface area (Å²) in [5.74, 6) is -1.42. The zero-order valence-electron chi connectivity index (χ0n) is 10.8. The van der Waals surface area contributed by atoms with E-state index in [2.05, 4.69) is 10.6 Å². The summed E-state index contributed by atoms with van der Waals surface area (Å²) >= 11 is 5.91. The number of benzene rings is 1. The number of rotatable bonds is 5. The molecule has 0 heterocycles. The van der Waals surface area contributed by atoms with Gasteiger partial charge in [0.15, 0.2) is 0 Å². The molecule has 20 heavy (non-hydrogen) atoms. The van der Waals surface area contributed by atoms with Gasteiger partial charge in [-0.1, -0.05) is 18.5 Å². The quantitative estimate of drug-likeness (QED) is 0.776. The highest BCUT2D eigenvalue weighted by atomic mass is 35.5. The highest BCUT2D eigenvalue weighted by Gasteiger charge is 2.11. The fourth-order valence-corrected chi connectivity index (χ4v) is 1.61. The van der Waals surface area contributed by atoms with Gasteiger partial charge in [0.2, 0.25) is 0 Å². The van der Waals surface area contributed by atoms with Crippen LogP contribution in [0.4, 0.5) is 10.5 Å². The molecule has 1 rings (SSSR count). The molecule has 1 unspecified atom stereocenters. The largest absolute Gasteiger partial charge is 0.481 e. The van der Waals surface area contributed by atoms with Crippen LogP contribution in [0.5, 0.6) is 0 Å². The summed E-state index contributed by atoms with van der Waals surface area (Å²) in [5, 5.41) is 22.7. The number of nitriles is 1. The molecule has 0 radical (unpaired) electrons. The number of carboxylic acids is 1. The van der Waals surface area contributed by atoms with E-state index in [1.165, 1.54) is 18.2 Å². The smallest absolute Gasteiger partial charge is 0.319 e. The highest BCUT2D eigenvalue weighted by molar-refractivity contribution is 6.33. The molecule has 0 aromatic heterocycles. The Balaban J connectivity index is 2.47. The van der Waals surface area contributed by atoms with Crippen LogP contribution >= 0.6 is 11.6 Å². The van der Waals surface area contributed by atoms with Gasteiger partial charge in [0, 0.05) is 6.54 Å². The van der Waals surface area contributed by atoms with E-state index in [-0.39, 0.29) is 11.6 Å². The van der Waals surface area contributed by atoms with Crippen molar-refractivity contribution < 1.29 is 14.7 Å². The third-order valence-electron chi connectivity index (χ3n) is 2.63. The molecule has 0 aliphatic heterocycles. The maximum Gasteiger partial charge on any atom is 0.319 e. The number of carboxylic acid groups (broad SMARTS) is 1. The molecule has 3 N–H and O–H groups in total. The van der Waals surface area contributed by atoms with Crippen molar-refractivity contribution in [2.24, 2.45) is 5.92 Å². The highest BCUT2D eigenvalue weighted by Crippen LogP contribution is 2.22. The predicted octanol–water partition coefficient (Wildman–Crippen LogP) is 2.44. The van der Waals surface area contributed by atoms with Crippen LogP contribution in [0.25, 0.3) is 0 Å². The van der Waals surface area contributed by atoms with Gasteiger partial charge in [0.1, 0.15) is 0 Å². The maximum atomic E-state index is 11.6. The lowest BCUT2D eigenvalue weighted by Crippen LogP contribution is -2.31. The third kappa shape index (κ3) is 4.78. The van der Waals surface area contributed by atoms with Gasteiger partial charge in [-0.15, -0.1) is 0 Å². The minimum atomic E-state index is -0.901. The molecule has 106 valence electrons. The van der Waals surface area contributed by atoms with E-state index in [0.717, 1.165) is 0 Å². The molecule has 0 aliphatic carbocycles. The lowest BCUT2D eigenvalue weighted by atomic mass is 10.1. The molecule has 1 atom stereocenters. The zero-order valence-corrected chi connectivity index (χ0v) is 11.6.